The zero-order valence-electron chi connectivity index (χ0n) is 11.8. The van der Waals surface area contributed by atoms with Crippen molar-refractivity contribution in [1.29, 1.82) is 0 Å². The van der Waals surface area contributed by atoms with E-state index in [0.29, 0.717) is 13.2 Å². The van der Waals surface area contributed by atoms with Crippen LogP contribution in [0.25, 0.3) is 0 Å². The number of anilines is 1. The van der Waals surface area contributed by atoms with Crippen LogP contribution in [0.4, 0.5) is 5.69 Å². The second-order valence-corrected chi connectivity index (χ2v) is 6.07. The van der Waals surface area contributed by atoms with E-state index in [-0.39, 0.29) is 11.7 Å². The molecule has 0 aromatic heterocycles. The highest BCUT2D eigenvalue weighted by Gasteiger charge is 2.43. The Kier molecular flexibility index (Phi) is 2.71. The summed E-state index contributed by atoms with van der Waals surface area (Å²) in [5.41, 5.74) is 8.88. The van der Waals surface area contributed by atoms with E-state index in [9.17, 15) is 9.59 Å². The van der Waals surface area contributed by atoms with Gasteiger partial charge in [-0.2, -0.15) is 0 Å². The predicted molar refractivity (Wildman–Crippen MR) is 77.4 cm³/mol. The third kappa shape index (κ3) is 1.91. The molecule has 1 aromatic carbocycles. The number of ketones is 1. The van der Waals surface area contributed by atoms with E-state index in [2.05, 4.69) is 0 Å². The second-order valence-electron chi connectivity index (χ2n) is 6.07. The average Bonchev–Trinajstić information content (AvgIpc) is 3.05. The average molecular weight is 286 g/mol. The maximum Gasteiger partial charge on any atom is 0.247 e. The molecule has 1 saturated carbocycles. The number of fused-ring (bicyclic) bond motifs is 3. The molecule has 3 aliphatic rings. The van der Waals surface area contributed by atoms with Crippen LogP contribution in [-0.4, -0.2) is 30.9 Å². The van der Waals surface area contributed by atoms with Crippen LogP contribution in [0.3, 0.4) is 0 Å². The highest BCUT2D eigenvalue weighted by atomic mass is 16.5. The van der Waals surface area contributed by atoms with Crippen molar-refractivity contribution in [1.82, 2.24) is 0 Å². The van der Waals surface area contributed by atoms with Gasteiger partial charge in [0.05, 0.1) is 6.61 Å². The van der Waals surface area contributed by atoms with Crippen molar-refractivity contribution in [2.75, 3.05) is 18.1 Å². The number of Topliss-reactive ketones (excluding diaryl/α,β-unsaturated/α-hetero) is 1. The Balaban J connectivity index is 1.76. The van der Waals surface area contributed by atoms with Gasteiger partial charge in [0, 0.05) is 30.1 Å². The van der Waals surface area contributed by atoms with Gasteiger partial charge in [0.15, 0.2) is 11.8 Å². The lowest BCUT2D eigenvalue weighted by Crippen LogP contribution is -2.50. The van der Waals surface area contributed by atoms with Crippen LogP contribution in [0.15, 0.2) is 12.1 Å². The maximum atomic E-state index is 12.5. The molecule has 110 valence electrons. The molecular weight excluding hydrogens is 268 g/mol. The summed E-state index contributed by atoms with van der Waals surface area (Å²) >= 11 is 0. The van der Waals surface area contributed by atoms with Gasteiger partial charge >= 0.3 is 0 Å². The summed E-state index contributed by atoms with van der Waals surface area (Å²) in [7, 11) is 0. The van der Waals surface area contributed by atoms with Crippen LogP contribution in [-0.2, 0) is 22.4 Å². The van der Waals surface area contributed by atoms with Gasteiger partial charge in [-0.25, -0.2) is 0 Å². The first-order valence-electron chi connectivity index (χ1n) is 7.54. The molecule has 0 bridgehead atoms. The lowest BCUT2D eigenvalue weighted by Gasteiger charge is -2.28. The van der Waals surface area contributed by atoms with Crippen molar-refractivity contribution in [2.45, 2.75) is 31.7 Å². The fourth-order valence-electron chi connectivity index (χ4n) is 3.52. The standard InChI is InChI=1S/C16H18N2O3/c17-16(20)14(15(19)10-1-2-10)18-7-5-9-3-4-12-11(13(9)18)6-8-21-12/h3-4,10,14H,1-2,5-8H2,(H2,17,20). The lowest BCUT2D eigenvalue weighted by atomic mass is 10.0. The first kappa shape index (κ1) is 12.7. The zero-order chi connectivity index (χ0) is 14.6. The van der Waals surface area contributed by atoms with Crippen molar-refractivity contribution >= 4 is 17.4 Å². The number of rotatable bonds is 4. The van der Waals surface area contributed by atoms with Gasteiger partial charge < -0.3 is 15.4 Å². The molecule has 21 heavy (non-hydrogen) atoms. The van der Waals surface area contributed by atoms with Gasteiger partial charge in [0.25, 0.3) is 0 Å². The van der Waals surface area contributed by atoms with Gasteiger partial charge in [0.2, 0.25) is 5.91 Å². The van der Waals surface area contributed by atoms with Gasteiger partial charge in [-0.1, -0.05) is 6.07 Å². The Morgan fingerprint density at radius 2 is 2.10 bits per heavy atom. The third-order valence-corrected chi connectivity index (χ3v) is 4.67. The number of nitrogens with zero attached hydrogens (tertiary/aromatic N) is 1. The molecule has 0 radical (unpaired) electrons. The molecule has 2 heterocycles. The monoisotopic (exact) mass is 286 g/mol. The second kappa shape index (κ2) is 4.48. The van der Waals surface area contributed by atoms with Crippen molar-refractivity contribution in [3.8, 4) is 5.75 Å². The molecule has 1 atom stereocenters. The highest BCUT2D eigenvalue weighted by molar-refractivity contribution is 6.09. The summed E-state index contributed by atoms with van der Waals surface area (Å²) in [6.45, 7) is 1.34. The minimum atomic E-state index is -0.814. The van der Waals surface area contributed by atoms with E-state index >= 15 is 0 Å². The summed E-state index contributed by atoms with van der Waals surface area (Å²) in [6.07, 6.45) is 3.46. The number of ether oxygens (including phenoxy) is 1. The topological polar surface area (TPSA) is 72.6 Å². The Labute approximate surface area is 123 Å². The van der Waals surface area contributed by atoms with E-state index in [1.54, 1.807) is 0 Å². The largest absolute Gasteiger partial charge is 0.493 e. The molecule has 2 aliphatic heterocycles. The van der Waals surface area contributed by atoms with Crippen molar-refractivity contribution in [3.63, 3.8) is 0 Å². The van der Waals surface area contributed by atoms with Crippen molar-refractivity contribution in [3.05, 3.63) is 23.3 Å². The third-order valence-electron chi connectivity index (χ3n) is 4.67. The molecule has 2 N–H and O–H groups in total. The first-order valence-corrected chi connectivity index (χ1v) is 7.54. The minimum absolute atomic E-state index is 0.00753. The summed E-state index contributed by atoms with van der Waals surface area (Å²) < 4.78 is 5.60. The van der Waals surface area contributed by atoms with Gasteiger partial charge in [-0.05, 0) is 30.9 Å². The fraction of sp³-hybridized carbons (Fsp3) is 0.500. The molecule has 0 saturated heterocycles. The minimum Gasteiger partial charge on any atom is -0.493 e. The quantitative estimate of drug-likeness (QED) is 0.832. The van der Waals surface area contributed by atoms with Crippen LogP contribution >= 0.6 is 0 Å². The maximum absolute atomic E-state index is 12.5. The molecule has 1 aromatic rings. The fourth-order valence-corrected chi connectivity index (χ4v) is 3.52. The summed E-state index contributed by atoms with van der Waals surface area (Å²) in [4.78, 5) is 26.3. The normalized spacial score (nSPS) is 20.7. The van der Waals surface area contributed by atoms with Crippen molar-refractivity contribution in [2.24, 2.45) is 11.7 Å². The first-order chi connectivity index (χ1) is 10.2. The number of benzene rings is 1. The molecule has 1 unspecified atom stereocenters. The number of carbonyl (C=O) groups excluding carboxylic acids is 2. The number of hydrogen-bond acceptors (Lipinski definition) is 4. The van der Waals surface area contributed by atoms with Crippen LogP contribution in [0, 0.1) is 5.92 Å². The highest BCUT2D eigenvalue weighted by Crippen LogP contribution is 2.42. The number of nitrogens with two attached hydrogens (primary N) is 1. The Morgan fingerprint density at radius 1 is 1.29 bits per heavy atom. The van der Waals surface area contributed by atoms with Crippen molar-refractivity contribution < 1.29 is 14.3 Å². The SMILES string of the molecule is NC(=O)C(C(=O)C1CC1)N1CCc2ccc3c(c21)CCO3. The summed E-state index contributed by atoms with van der Waals surface area (Å²) in [6, 6.07) is 3.22. The number of carbonyl (C=O) groups is 2. The van der Waals surface area contributed by atoms with E-state index in [4.69, 9.17) is 10.5 Å². The molecular formula is C16H18N2O3. The number of hydrogen-bond donors (Lipinski definition) is 1. The molecule has 1 aliphatic carbocycles. The van der Waals surface area contributed by atoms with Crippen LogP contribution in [0.5, 0.6) is 5.75 Å². The predicted octanol–water partition coefficient (Wildman–Crippen LogP) is 0.817. The molecule has 1 amide bonds. The van der Waals surface area contributed by atoms with E-state index in [1.165, 1.54) is 5.56 Å². The van der Waals surface area contributed by atoms with E-state index in [0.717, 1.165) is 42.7 Å². The number of amides is 1. The molecule has 5 nitrogen and oxygen atoms in total. The zero-order valence-corrected chi connectivity index (χ0v) is 11.8. The van der Waals surface area contributed by atoms with Crippen LogP contribution < -0.4 is 15.4 Å². The molecule has 4 rings (SSSR count). The van der Waals surface area contributed by atoms with E-state index < -0.39 is 11.9 Å². The van der Waals surface area contributed by atoms with Gasteiger partial charge in [-0.15, -0.1) is 0 Å². The smallest absolute Gasteiger partial charge is 0.247 e. The summed E-state index contributed by atoms with van der Waals surface area (Å²) in [5, 5.41) is 0. The summed E-state index contributed by atoms with van der Waals surface area (Å²) in [5.74, 6) is 0.366. The van der Waals surface area contributed by atoms with Crippen LogP contribution in [0.1, 0.15) is 24.0 Å². The molecule has 5 heteroatoms. The van der Waals surface area contributed by atoms with Crippen LogP contribution in [0.2, 0.25) is 0 Å². The molecule has 0 spiro atoms. The molecule has 1 fully saturated rings. The Bertz CT molecular complexity index is 637. The van der Waals surface area contributed by atoms with Gasteiger partial charge in [0.1, 0.15) is 5.75 Å². The van der Waals surface area contributed by atoms with E-state index in [1.807, 2.05) is 17.0 Å². The number of primary amides is 1. The Morgan fingerprint density at radius 3 is 2.81 bits per heavy atom. The van der Waals surface area contributed by atoms with Gasteiger partial charge in [-0.3, -0.25) is 9.59 Å². The Hall–Kier alpha value is -2.04. The lowest BCUT2D eigenvalue weighted by molar-refractivity contribution is -0.129.